The zero-order valence-corrected chi connectivity index (χ0v) is 29.7. The number of benzene rings is 2. The van der Waals surface area contributed by atoms with E-state index in [1.165, 1.54) is 7.11 Å². The van der Waals surface area contributed by atoms with Crippen molar-refractivity contribution in [2.24, 2.45) is 5.92 Å². The molecule has 258 valence electrons. The van der Waals surface area contributed by atoms with Crippen LogP contribution in [0.15, 0.2) is 60.7 Å². The standard InChI is InChI=1S/C36H50O10Si/c1-24(25(2)37)17-18-29(44-35(40)26-13-10-9-11-14-26)33-30(45-36(3,4)46-33)16-12-15-27-21-28(42-19-20-47(6,7)8)22-31(43-23-41-5)32(27)34(38)39/h9-15,17-18,21-22,24-25,29-30,33,37H,16,19-20,23H2,1-8H3,(H,38,39)/b15-12+,18-17-/t24?,25?,29?,30-,33+/m0/s1. The van der Waals surface area contributed by atoms with Crippen LogP contribution in [0.5, 0.6) is 11.5 Å². The van der Waals surface area contributed by atoms with Crippen LogP contribution in [-0.2, 0) is 18.9 Å². The van der Waals surface area contributed by atoms with Gasteiger partial charge < -0.3 is 38.6 Å². The van der Waals surface area contributed by atoms with Gasteiger partial charge in [0.2, 0.25) is 0 Å². The molecule has 0 amide bonds. The number of hydrogen-bond acceptors (Lipinski definition) is 9. The van der Waals surface area contributed by atoms with E-state index in [1.54, 1.807) is 81.5 Å². The number of esters is 1. The van der Waals surface area contributed by atoms with E-state index >= 15 is 0 Å². The highest BCUT2D eigenvalue weighted by Gasteiger charge is 2.45. The number of carbonyl (C=O) groups excluding carboxylic acids is 1. The Morgan fingerprint density at radius 3 is 2.36 bits per heavy atom. The lowest BCUT2D eigenvalue weighted by molar-refractivity contribution is -0.152. The number of hydrogen-bond donors (Lipinski definition) is 2. The fourth-order valence-corrected chi connectivity index (χ4v) is 5.56. The molecular weight excluding hydrogens is 620 g/mol. The Hall–Kier alpha value is -3.48. The minimum atomic E-state index is -1.36. The van der Waals surface area contributed by atoms with Crippen LogP contribution in [0.25, 0.3) is 6.08 Å². The molecule has 2 N–H and O–H groups in total. The number of carbonyl (C=O) groups is 2. The molecule has 5 atom stereocenters. The predicted octanol–water partition coefficient (Wildman–Crippen LogP) is 6.81. The summed E-state index contributed by atoms with van der Waals surface area (Å²) >= 11 is 0. The Morgan fingerprint density at radius 2 is 1.74 bits per heavy atom. The molecule has 1 fully saturated rings. The van der Waals surface area contributed by atoms with Crippen LogP contribution < -0.4 is 9.47 Å². The van der Waals surface area contributed by atoms with Crippen LogP contribution in [0.3, 0.4) is 0 Å². The van der Waals surface area contributed by atoms with E-state index in [2.05, 4.69) is 19.6 Å². The second-order valence-electron chi connectivity index (χ2n) is 13.4. The van der Waals surface area contributed by atoms with Gasteiger partial charge in [0, 0.05) is 21.3 Å². The van der Waals surface area contributed by atoms with Gasteiger partial charge in [0.15, 0.2) is 12.6 Å². The van der Waals surface area contributed by atoms with Crippen molar-refractivity contribution in [1.29, 1.82) is 0 Å². The van der Waals surface area contributed by atoms with Crippen molar-refractivity contribution < 1.29 is 48.2 Å². The van der Waals surface area contributed by atoms with Gasteiger partial charge in [-0.3, -0.25) is 0 Å². The molecule has 0 aromatic heterocycles. The molecule has 1 aliphatic rings. The van der Waals surface area contributed by atoms with E-state index < -0.39 is 50.2 Å². The number of aliphatic hydroxyl groups excluding tert-OH is 1. The highest BCUT2D eigenvalue weighted by atomic mass is 28.3. The minimum Gasteiger partial charge on any atom is -0.494 e. The molecule has 0 radical (unpaired) electrons. The largest absolute Gasteiger partial charge is 0.494 e. The Morgan fingerprint density at radius 1 is 1.04 bits per heavy atom. The molecule has 47 heavy (non-hydrogen) atoms. The van der Waals surface area contributed by atoms with Gasteiger partial charge in [0.05, 0.1) is 24.4 Å². The molecule has 10 nitrogen and oxygen atoms in total. The molecule has 0 aliphatic carbocycles. The summed E-state index contributed by atoms with van der Waals surface area (Å²) in [6.07, 6.45) is 4.62. The van der Waals surface area contributed by atoms with Crippen LogP contribution in [0.1, 0.15) is 60.4 Å². The summed E-state index contributed by atoms with van der Waals surface area (Å²) in [5.41, 5.74) is 0.756. The summed E-state index contributed by atoms with van der Waals surface area (Å²) in [6.45, 7) is 14.3. The second kappa shape index (κ2) is 17.1. The first-order valence-electron chi connectivity index (χ1n) is 15.9. The van der Waals surface area contributed by atoms with Crippen molar-refractivity contribution in [3.63, 3.8) is 0 Å². The second-order valence-corrected chi connectivity index (χ2v) is 19.0. The number of ether oxygens (including phenoxy) is 6. The Kier molecular flexibility index (Phi) is 13.8. The quantitative estimate of drug-likeness (QED) is 0.0802. The van der Waals surface area contributed by atoms with Crippen molar-refractivity contribution in [3.05, 3.63) is 77.4 Å². The fraction of sp³-hybridized carbons (Fsp3) is 0.500. The summed E-state index contributed by atoms with van der Waals surface area (Å²) in [4.78, 5) is 25.5. The monoisotopic (exact) mass is 670 g/mol. The Bertz CT molecular complexity index is 1380. The normalized spacial score (nSPS) is 19.9. The number of methoxy groups -OCH3 is 1. The van der Waals surface area contributed by atoms with Crippen LogP contribution >= 0.6 is 0 Å². The van der Waals surface area contributed by atoms with Gasteiger partial charge in [-0.25, -0.2) is 9.59 Å². The molecule has 2 aromatic rings. The van der Waals surface area contributed by atoms with E-state index in [0.717, 1.165) is 6.04 Å². The van der Waals surface area contributed by atoms with Crippen molar-refractivity contribution >= 4 is 26.1 Å². The van der Waals surface area contributed by atoms with Gasteiger partial charge >= 0.3 is 11.9 Å². The molecular formula is C36H50O10Si. The third-order valence-corrected chi connectivity index (χ3v) is 9.31. The summed E-state index contributed by atoms with van der Waals surface area (Å²) in [5.74, 6) is -2.24. The fourth-order valence-electron chi connectivity index (χ4n) is 4.85. The molecule has 1 heterocycles. The molecule has 3 rings (SSSR count). The lowest BCUT2D eigenvalue weighted by Crippen LogP contribution is -2.37. The molecule has 3 unspecified atom stereocenters. The summed E-state index contributed by atoms with van der Waals surface area (Å²) in [7, 11) is 0.101. The third kappa shape index (κ3) is 11.9. The Balaban J connectivity index is 1.93. The lowest BCUT2D eigenvalue weighted by atomic mass is 9.99. The van der Waals surface area contributed by atoms with Gasteiger partial charge in [0.1, 0.15) is 29.3 Å². The first-order valence-corrected chi connectivity index (χ1v) is 19.6. The van der Waals surface area contributed by atoms with Gasteiger partial charge in [0.25, 0.3) is 0 Å². The molecule has 1 aliphatic heterocycles. The maximum Gasteiger partial charge on any atom is 0.340 e. The maximum atomic E-state index is 13.1. The summed E-state index contributed by atoms with van der Waals surface area (Å²) in [6, 6.07) is 12.9. The number of aromatic carboxylic acids is 1. The van der Waals surface area contributed by atoms with Gasteiger partial charge in [-0.2, -0.15) is 0 Å². The molecule has 2 aromatic carbocycles. The molecule has 0 bridgehead atoms. The number of rotatable bonds is 17. The van der Waals surface area contributed by atoms with Crippen LogP contribution in [0.2, 0.25) is 25.7 Å². The SMILES string of the molecule is COCOc1cc(OCC[Si](C)(C)C)cc(/C=C/C[C@@H]2OC(C)(C)O[C@@H]2C(/C=C\C(C)C(C)O)OC(=O)c2ccccc2)c1C(=O)O. The Labute approximate surface area is 279 Å². The molecule has 0 saturated carbocycles. The van der Waals surface area contributed by atoms with Gasteiger partial charge in [-0.1, -0.05) is 63.0 Å². The highest BCUT2D eigenvalue weighted by Crippen LogP contribution is 2.35. The first-order chi connectivity index (χ1) is 22.1. The first kappa shape index (κ1) is 38.0. The average Bonchev–Trinajstić information content (AvgIpc) is 3.31. The van der Waals surface area contributed by atoms with E-state index in [4.69, 9.17) is 28.4 Å². The number of aliphatic hydroxyl groups is 1. The van der Waals surface area contributed by atoms with E-state index in [1.807, 2.05) is 13.0 Å². The molecule has 11 heteroatoms. The van der Waals surface area contributed by atoms with Crippen LogP contribution in [0, 0.1) is 5.92 Å². The van der Waals surface area contributed by atoms with Crippen molar-refractivity contribution in [2.75, 3.05) is 20.5 Å². The van der Waals surface area contributed by atoms with Crippen molar-refractivity contribution in [1.82, 2.24) is 0 Å². The number of carboxylic acid groups (broad SMARTS) is 1. The maximum absolute atomic E-state index is 13.1. The zero-order valence-electron chi connectivity index (χ0n) is 28.7. The average molecular weight is 671 g/mol. The van der Waals surface area contributed by atoms with E-state index in [0.29, 0.717) is 29.9 Å². The van der Waals surface area contributed by atoms with E-state index in [-0.39, 0.29) is 24.0 Å². The molecule has 0 spiro atoms. The summed E-state index contributed by atoms with van der Waals surface area (Å²) in [5, 5.41) is 20.2. The van der Waals surface area contributed by atoms with Crippen LogP contribution in [-0.4, -0.2) is 80.9 Å². The lowest BCUT2D eigenvalue weighted by Gasteiger charge is -2.25. The van der Waals surface area contributed by atoms with Gasteiger partial charge in [-0.05, 0) is 69.0 Å². The van der Waals surface area contributed by atoms with Crippen molar-refractivity contribution in [3.8, 4) is 11.5 Å². The topological polar surface area (TPSA) is 130 Å². The van der Waals surface area contributed by atoms with E-state index in [9.17, 15) is 19.8 Å². The van der Waals surface area contributed by atoms with Gasteiger partial charge in [-0.15, -0.1) is 0 Å². The van der Waals surface area contributed by atoms with Crippen molar-refractivity contribution in [2.45, 2.75) is 90.0 Å². The summed E-state index contributed by atoms with van der Waals surface area (Å²) < 4.78 is 35.2. The highest BCUT2D eigenvalue weighted by molar-refractivity contribution is 6.76. The third-order valence-electron chi connectivity index (χ3n) is 7.60. The zero-order chi connectivity index (χ0) is 34.8. The minimum absolute atomic E-state index is 0.0268. The molecule has 1 saturated heterocycles. The van der Waals surface area contributed by atoms with Crippen LogP contribution in [0.4, 0.5) is 0 Å². The number of carboxylic acids is 1. The predicted molar refractivity (Wildman–Crippen MR) is 183 cm³/mol. The smallest absolute Gasteiger partial charge is 0.340 e.